The summed E-state index contributed by atoms with van der Waals surface area (Å²) in [6.45, 7) is -0.879. The molecule has 0 aliphatic heterocycles. The average molecular weight is 274 g/mol. The summed E-state index contributed by atoms with van der Waals surface area (Å²) in [6.07, 6.45) is 0. The van der Waals surface area contributed by atoms with Gasteiger partial charge in [-0.15, -0.1) is 0 Å². The summed E-state index contributed by atoms with van der Waals surface area (Å²) in [5.74, 6) is 0.625. The molecule has 3 aromatic rings. The van der Waals surface area contributed by atoms with Gasteiger partial charge in [-0.05, 0) is 36.8 Å². The van der Waals surface area contributed by atoms with Gasteiger partial charge in [0.1, 0.15) is 11.6 Å². The number of hydrogen-bond donors (Lipinski definition) is 1. The van der Waals surface area contributed by atoms with Crippen molar-refractivity contribution in [3.8, 4) is 17.1 Å². The lowest BCUT2D eigenvalue weighted by atomic mass is 10.2. The van der Waals surface area contributed by atoms with Crippen LogP contribution >= 0.6 is 0 Å². The number of aryl methyl sites for hydroxylation is 1. The second-order valence-corrected chi connectivity index (χ2v) is 4.48. The maximum Gasteiger partial charge on any atom is 0.387 e. The number of hydrogen-bond acceptors (Lipinski definition) is 2. The molecule has 1 N–H and O–H groups in total. The van der Waals surface area contributed by atoms with E-state index < -0.39 is 6.61 Å². The van der Waals surface area contributed by atoms with Gasteiger partial charge in [0.05, 0.1) is 16.6 Å². The zero-order valence-electron chi connectivity index (χ0n) is 10.7. The van der Waals surface area contributed by atoms with Gasteiger partial charge in [-0.2, -0.15) is 8.78 Å². The van der Waals surface area contributed by atoms with Crippen molar-refractivity contribution in [2.75, 3.05) is 0 Å². The van der Waals surface area contributed by atoms with Gasteiger partial charge in [-0.25, -0.2) is 4.98 Å². The molecule has 102 valence electrons. The number of aromatic amines is 1. The molecule has 0 saturated carbocycles. The van der Waals surface area contributed by atoms with Crippen LogP contribution in [0.3, 0.4) is 0 Å². The molecule has 0 fully saturated rings. The minimum Gasteiger partial charge on any atom is -0.434 e. The molecule has 0 unspecified atom stereocenters. The number of benzene rings is 2. The Morgan fingerprint density at radius 1 is 1.15 bits per heavy atom. The van der Waals surface area contributed by atoms with Crippen molar-refractivity contribution < 1.29 is 13.5 Å². The Kier molecular flexibility index (Phi) is 3.10. The zero-order chi connectivity index (χ0) is 14.1. The second kappa shape index (κ2) is 4.92. The van der Waals surface area contributed by atoms with E-state index in [0.717, 1.165) is 16.6 Å². The smallest absolute Gasteiger partial charge is 0.387 e. The number of nitrogens with one attached hydrogen (secondary N) is 1. The van der Waals surface area contributed by atoms with Crippen LogP contribution in [0.1, 0.15) is 5.56 Å². The van der Waals surface area contributed by atoms with Gasteiger partial charge < -0.3 is 9.72 Å². The molecule has 5 heteroatoms. The third-order valence-electron chi connectivity index (χ3n) is 3.00. The van der Waals surface area contributed by atoms with E-state index in [4.69, 9.17) is 0 Å². The largest absolute Gasteiger partial charge is 0.434 e. The number of imidazole rings is 1. The van der Waals surface area contributed by atoms with E-state index in [9.17, 15) is 8.78 Å². The van der Waals surface area contributed by atoms with Crippen molar-refractivity contribution in [3.63, 3.8) is 0 Å². The minimum atomic E-state index is -2.86. The fraction of sp³-hybridized carbons (Fsp3) is 0.133. The van der Waals surface area contributed by atoms with E-state index in [1.165, 1.54) is 6.07 Å². The third kappa shape index (κ3) is 2.34. The Bertz CT molecular complexity index is 752. The summed E-state index contributed by atoms with van der Waals surface area (Å²) in [5.41, 5.74) is 3.27. The van der Waals surface area contributed by atoms with E-state index in [1.54, 1.807) is 18.2 Å². The van der Waals surface area contributed by atoms with Crippen LogP contribution in [-0.4, -0.2) is 16.6 Å². The minimum absolute atomic E-state index is 0.110. The van der Waals surface area contributed by atoms with Gasteiger partial charge >= 0.3 is 6.61 Å². The Morgan fingerprint density at radius 2 is 1.95 bits per heavy atom. The van der Waals surface area contributed by atoms with Crippen LogP contribution in [0.4, 0.5) is 8.78 Å². The number of nitrogens with zero attached hydrogens (tertiary/aromatic N) is 1. The van der Waals surface area contributed by atoms with Crippen molar-refractivity contribution in [2.45, 2.75) is 13.5 Å². The zero-order valence-corrected chi connectivity index (χ0v) is 10.7. The van der Waals surface area contributed by atoms with Gasteiger partial charge in [-0.1, -0.05) is 18.2 Å². The maximum atomic E-state index is 12.4. The molecule has 0 spiro atoms. The highest BCUT2D eigenvalue weighted by Crippen LogP contribution is 2.30. The number of H-pyrrole nitrogens is 1. The number of alkyl halides is 2. The van der Waals surface area contributed by atoms with E-state index in [0.29, 0.717) is 11.4 Å². The van der Waals surface area contributed by atoms with Crippen LogP contribution in [0.25, 0.3) is 22.4 Å². The molecule has 0 radical (unpaired) electrons. The molecule has 20 heavy (non-hydrogen) atoms. The fourth-order valence-corrected chi connectivity index (χ4v) is 2.11. The first kappa shape index (κ1) is 12.6. The topological polar surface area (TPSA) is 37.9 Å². The van der Waals surface area contributed by atoms with Gasteiger partial charge in [0.2, 0.25) is 0 Å². The third-order valence-corrected chi connectivity index (χ3v) is 3.00. The van der Waals surface area contributed by atoms with Gasteiger partial charge in [0.15, 0.2) is 0 Å². The Labute approximate surface area is 114 Å². The highest BCUT2D eigenvalue weighted by Gasteiger charge is 2.13. The lowest BCUT2D eigenvalue weighted by Gasteiger charge is -2.08. The van der Waals surface area contributed by atoms with Crippen molar-refractivity contribution in [1.29, 1.82) is 0 Å². The van der Waals surface area contributed by atoms with Crippen molar-refractivity contribution >= 4 is 11.0 Å². The molecule has 2 aromatic carbocycles. The summed E-state index contributed by atoms with van der Waals surface area (Å²) in [5, 5.41) is 0. The Morgan fingerprint density at radius 3 is 2.75 bits per heavy atom. The first-order valence-corrected chi connectivity index (χ1v) is 6.14. The molecule has 0 aliphatic rings. The van der Waals surface area contributed by atoms with Crippen LogP contribution in [-0.2, 0) is 0 Å². The monoisotopic (exact) mass is 274 g/mol. The molecular weight excluding hydrogens is 262 g/mol. The first-order chi connectivity index (χ1) is 9.63. The van der Waals surface area contributed by atoms with E-state index in [-0.39, 0.29) is 5.75 Å². The molecule has 0 amide bonds. The van der Waals surface area contributed by atoms with E-state index in [2.05, 4.69) is 14.7 Å². The van der Waals surface area contributed by atoms with Crippen LogP contribution < -0.4 is 4.74 Å². The molecule has 0 aliphatic carbocycles. The predicted molar refractivity (Wildman–Crippen MR) is 72.9 cm³/mol. The van der Waals surface area contributed by atoms with Crippen LogP contribution in [0.2, 0.25) is 0 Å². The SMILES string of the molecule is Cc1ccc2nc(-c3ccccc3OC(F)F)[nH]c2c1. The van der Waals surface area contributed by atoms with Gasteiger partial charge in [0.25, 0.3) is 0 Å². The maximum absolute atomic E-state index is 12.4. The number of halogens is 2. The lowest BCUT2D eigenvalue weighted by molar-refractivity contribution is -0.0494. The first-order valence-electron chi connectivity index (χ1n) is 6.14. The van der Waals surface area contributed by atoms with Gasteiger partial charge in [0, 0.05) is 0 Å². The number of para-hydroxylation sites is 1. The Balaban J connectivity index is 2.10. The lowest BCUT2D eigenvalue weighted by Crippen LogP contribution is -2.03. The van der Waals surface area contributed by atoms with E-state index >= 15 is 0 Å². The molecule has 1 aromatic heterocycles. The highest BCUT2D eigenvalue weighted by molar-refractivity contribution is 5.81. The van der Waals surface area contributed by atoms with Crippen LogP contribution in [0.15, 0.2) is 42.5 Å². The second-order valence-electron chi connectivity index (χ2n) is 4.48. The number of rotatable bonds is 3. The summed E-state index contributed by atoms with van der Waals surface area (Å²) in [4.78, 5) is 7.54. The van der Waals surface area contributed by atoms with Crippen LogP contribution in [0, 0.1) is 6.92 Å². The molecule has 3 nitrogen and oxygen atoms in total. The summed E-state index contributed by atoms with van der Waals surface area (Å²) >= 11 is 0. The molecule has 0 saturated heterocycles. The fourth-order valence-electron chi connectivity index (χ4n) is 2.11. The van der Waals surface area contributed by atoms with E-state index in [1.807, 2.05) is 25.1 Å². The number of aromatic nitrogens is 2. The summed E-state index contributed by atoms with van der Waals surface area (Å²) in [6, 6.07) is 12.4. The number of fused-ring (bicyclic) bond motifs is 1. The Hall–Kier alpha value is -2.43. The molecule has 1 heterocycles. The predicted octanol–water partition coefficient (Wildman–Crippen LogP) is 4.14. The van der Waals surface area contributed by atoms with Crippen molar-refractivity contribution in [1.82, 2.24) is 9.97 Å². The quantitative estimate of drug-likeness (QED) is 0.779. The number of ether oxygens (including phenoxy) is 1. The molecule has 0 bridgehead atoms. The summed E-state index contributed by atoms with van der Waals surface area (Å²) < 4.78 is 29.4. The van der Waals surface area contributed by atoms with Crippen LogP contribution in [0.5, 0.6) is 5.75 Å². The van der Waals surface area contributed by atoms with Crippen molar-refractivity contribution in [3.05, 3.63) is 48.0 Å². The normalized spacial score (nSPS) is 11.2. The molecular formula is C15H12F2N2O. The molecule has 3 rings (SSSR count). The standard InChI is InChI=1S/C15H12F2N2O/c1-9-6-7-11-12(8-9)19-14(18-11)10-4-2-3-5-13(10)20-15(16)17/h2-8,15H,1H3,(H,18,19). The summed E-state index contributed by atoms with van der Waals surface area (Å²) in [7, 11) is 0. The highest BCUT2D eigenvalue weighted by atomic mass is 19.3. The molecule has 0 atom stereocenters. The van der Waals surface area contributed by atoms with Gasteiger partial charge in [-0.3, -0.25) is 0 Å². The van der Waals surface area contributed by atoms with Crippen molar-refractivity contribution in [2.24, 2.45) is 0 Å². The average Bonchev–Trinajstić information content (AvgIpc) is 2.81.